The first kappa shape index (κ1) is 15.3. The lowest BCUT2D eigenvalue weighted by atomic mass is 9.93. The van der Waals surface area contributed by atoms with E-state index in [-0.39, 0.29) is 36.5 Å². The molecule has 1 aliphatic carbocycles. The SMILES string of the molecule is C[C@@H]1CC[C@H](C(N)=O)CN1C(=O)COC1CCCCC1. The van der Waals surface area contributed by atoms with Crippen molar-refractivity contribution in [2.45, 2.75) is 64.0 Å². The van der Waals surface area contributed by atoms with Gasteiger partial charge in [0, 0.05) is 12.6 Å². The fourth-order valence-corrected chi connectivity index (χ4v) is 3.19. The predicted molar refractivity (Wildman–Crippen MR) is 75.9 cm³/mol. The highest BCUT2D eigenvalue weighted by Gasteiger charge is 2.31. The van der Waals surface area contributed by atoms with Crippen molar-refractivity contribution >= 4 is 11.8 Å². The molecule has 0 radical (unpaired) electrons. The average molecular weight is 282 g/mol. The zero-order chi connectivity index (χ0) is 14.5. The summed E-state index contributed by atoms with van der Waals surface area (Å²) in [5.74, 6) is -0.512. The van der Waals surface area contributed by atoms with Crippen LogP contribution in [0.15, 0.2) is 0 Å². The number of piperidine rings is 1. The Morgan fingerprint density at radius 2 is 1.85 bits per heavy atom. The Hall–Kier alpha value is -1.10. The minimum absolute atomic E-state index is 0.00553. The smallest absolute Gasteiger partial charge is 0.248 e. The van der Waals surface area contributed by atoms with Gasteiger partial charge in [-0.05, 0) is 32.6 Å². The van der Waals surface area contributed by atoms with Gasteiger partial charge in [-0.25, -0.2) is 0 Å². The van der Waals surface area contributed by atoms with E-state index in [0.717, 1.165) is 25.7 Å². The van der Waals surface area contributed by atoms with Gasteiger partial charge < -0.3 is 15.4 Å². The maximum Gasteiger partial charge on any atom is 0.248 e. The van der Waals surface area contributed by atoms with Crippen molar-refractivity contribution in [1.82, 2.24) is 4.90 Å². The molecule has 1 heterocycles. The highest BCUT2D eigenvalue weighted by molar-refractivity contribution is 5.81. The van der Waals surface area contributed by atoms with E-state index >= 15 is 0 Å². The van der Waals surface area contributed by atoms with Crippen LogP contribution in [-0.4, -0.2) is 42.0 Å². The number of likely N-dealkylation sites (tertiary alicyclic amines) is 1. The Bertz CT molecular complexity index is 353. The van der Waals surface area contributed by atoms with Crippen molar-refractivity contribution in [3.63, 3.8) is 0 Å². The second-order valence-electron chi connectivity index (χ2n) is 6.14. The van der Waals surface area contributed by atoms with Crippen molar-refractivity contribution < 1.29 is 14.3 Å². The van der Waals surface area contributed by atoms with E-state index < -0.39 is 0 Å². The summed E-state index contributed by atoms with van der Waals surface area (Å²) in [7, 11) is 0. The van der Waals surface area contributed by atoms with E-state index in [9.17, 15) is 9.59 Å². The molecule has 0 aromatic rings. The quantitative estimate of drug-likeness (QED) is 0.848. The van der Waals surface area contributed by atoms with Crippen LogP contribution in [0.25, 0.3) is 0 Å². The Morgan fingerprint density at radius 3 is 2.50 bits per heavy atom. The van der Waals surface area contributed by atoms with Gasteiger partial charge in [0.2, 0.25) is 11.8 Å². The van der Waals surface area contributed by atoms with Crippen LogP contribution in [0.5, 0.6) is 0 Å². The first-order chi connectivity index (χ1) is 9.58. The van der Waals surface area contributed by atoms with Gasteiger partial charge in [0.15, 0.2) is 0 Å². The van der Waals surface area contributed by atoms with Crippen LogP contribution in [-0.2, 0) is 14.3 Å². The summed E-state index contributed by atoms with van der Waals surface area (Å²) in [4.78, 5) is 25.3. The molecule has 1 aliphatic heterocycles. The van der Waals surface area contributed by atoms with Crippen LogP contribution in [0.2, 0.25) is 0 Å². The normalized spacial score (nSPS) is 28.4. The second kappa shape index (κ2) is 7.07. The van der Waals surface area contributed by atoms with Crippen molar-refractivity contribution in [1.29, 1.82) is 0 Å². The van der Waals surface area contributed by atoms with Crippen molar-refractivity contribution in [3.05, 3.63) is 0 Å². The molecule has 2 aliphatic rings. The van der Waals surface area contributed by atoms with Gasteiger partial charge >= 0.3 is 0 Å². The number of nitrogens with zero attached hydrogens (tertiary/aromatic N) is 1. The van der Waals surface area contributed by atoms with E-state index in [2.05, 4.69) is 0 Å². The standard InChI is InChI=1S/C15H26N2O3/c1-11-7-8-12(15(16)19)9-17(11)14(18)10-20-13-5-3-2-4-6-13/h11-13H,2-10H2,1H3,(H2,16,19)/t11-,12+/m1/s1. The summed E-state index contributed by atoms with van der Waals surface area (Å²) >= 11 is 0. The molecule has 0 unspecified atom stereocenters. The lowest BCUT2D eigenvalue weighted by Gasteiger charge is -2.37. The number of ether oxygens (including phenoxy) is 1. The van der Waals surface area contributed by atoms with Crippen LogP contribution in [0.4, 0.5) is 0 Å². The van der Waals surface area contributed by atoms with Crippen molar-refractivity contribution in [2.75, 3.05) is 13.2 Å². The molecule has 1 saturated carbocycles. The van der Waals surface area contributed by atoms with E-state index in [0.29, 0.717) is 6.54 Å². The monoisotopic (exact) mass is 282 g/mol. The number of carbonyl (C=O) groups excluding carboxylic acids is 2. The van der Waals surface area contributed by atoms with Gasteiger partial charge in [0.05, 0.1) is 12.0 Å². The summed E-state index contributed by atoms with van der Waals surface area (Å²) in [6.45, 7) is 2.61. The minimum atomic E-state index is -0.303. The summed E-state index contributed by atoms with van der Waals surface area (Å²) in [6.07, 6.45) is 7.65. The van der Waals surface area contributed by atoms with Crippen LogP contribution >= 0.6 is 0 Å². The molecule has 114 valence electrons. The zero-order valence-electron chi connectivity index (χ0n) is 12.3. The van der Waals surface area contributed by atoms with E-state index in [1.54, 1.807) is 4.90 Å². The number of hydrogen-bond donors (Lipinski definition) is 1. The predicted octanol–water partition coefficient (Wildman–Crippen LogP) is 1.45. The third-order valence-electron chi connectivity index (χ3n) is 4.60. The van der Waals surface area contributed by atoms with Crippen LogP contribution < -0.4 is 5.73 Å². The number of hydrogen-bond acceptors (Lipinski definition) is 3. The van der Waals surface area contributed by atoms with Gasteiger partial charge in [0.25, 0.3) is 0 Å². The number of amides is 2. The van der Waals surface area contributed by atoms with Crippen molar-refractivity contribution in [2.24, 2.45) is 11.7 Å². The molecule has 0 spiro atoms. The molecule has 5 heteroatoms. The van der Waals surface area contributed by atoms with Gasteiger partial charge in [-0.3, -0.25) is 9.59 Å². The fraction of sp³-hybridized carbons (Fsp3) is 0.867. The van der Waals surface area contributed by atoms with Crippen LogP contribution in [0.1, 0.15) is 51.9 Å². The van der Waals surface area contributed by atoms with E-state index in [1.165, 1.54) is 19.3 Å². The molecular weight excluding hydrogens is 256 g/mol. The maximum absolute atomic E-state index is 12.3. The van der Waals surface area contributed by atoms with Gasteiger partial charge in [-0.15, -0.1) is 0 Å². The molecule has 0 aromatic carbocycles. The minimum Gasteiger partial charge on any atom is -0.369 e. The number of carbonyl (C=O) groups is 2. The summed E-state index contributed by atoms with van der Waals surface area (Å²) in [5, 5.41) is 0. The Kier molecular flexibility index (Phi) is 5.40. The zero-order valence-corrected chi connectivity index (χ0v) is 12.3. The number of rotatable bonds is 4. The molecule has 1 saturated heterocycles. The number of nitrogens with two attached hydrogens (primary N) is 1. The summed E-state index contributed by atoms with van der Waals surface area (Å²) in [5.41, 5.74) is 5.36. The third kappa shape index (κ3) is 3.95. The van der Waals surface area contributed by atoms with Crippen molar-refractivity contribution in [3.8, 4) is 0 Å². The van der Waals surface area contributed by atoms with Crippen LogP contribution in [0, 0.1) is 5.92 Å². The Morgan fingerprint density at radius 1 is 1.15 bits per heavy atom. The molecule has 20 heavy (non-hydrogen) atoms. The number of primary amides is 1. The van der Waals surface area contributed by atoms with Gasteiger partial charge in [-0.2, -0.15) is 0 Å². The molecule has 5 nitrogen and oxygen atoms in total. The summed E-state index contributed by atoms with van der Waals surface area (Å²) in [6, 6.07) is 0.174. The Balaban J connectivity index is 1.81. The highest BCUT2D eigenvalue weighted by Crippen LogP contribution is 2.23. The lowest BCUT2D eigenvalue weighted by molar-refractivity contribution is -0.144. The molecule has 2 rings (SSSR count). The molecule has 0 bridgehead atoms. The molecule has 2 fully saturated rings. The molecule has 2 atom stereocenters. The van der Waals surface area contributed by atoms with Gasteiger partial charge in [-0.1, -0.05) is 19.3 Å². The van der Waals surface area contributed by atoms with Crippen LogP contribution in [0.3, 0.4) is 0 Å². The van der Waals surface area contributed by atoms with E-state index in [4.69, 9.17) is 10.5 Å². The summed E-state index contributed by atoms with van der Waals surface area (Å²) < 4.78 is 5.73. The average Bonchev–Trinajstić information content (AvgIpc) is 2.46. The second-order valence-corrected chi connectivity index (χ2v) is 6.14. The Labute approximate surface area is 120 Å². The first-order valence-corrected chi connectivity index (χ1v) is 7.78. The fourth-order valence-electron chi connectivity index (χ4n) is 3.19. The lowest BCUT2D eigenvalue weighted by Crippen LogP contribution is -2.50. The largest absolute Gasteiger partial charge is 0.369 e. The molecule has 2 amide bonds. The highest BCUT2D eigenvalue weighted by atomic mass is 16.5. The van der Waals surface area contributed by atoms with Gasteiger partial charge in [0.1, 0.15) is 6.61 Å². The topological polar surface area (TPSA) is 72.6 Å². The maximum atomic E-state index is 12.3. The molecular formula is C15H26N2O3. The first-order valence-electron chi connectivity index (χ1n) is 7.78. The van der Waals surface area contributed by atoms with E-state index in [1.807, 2.05) is 6.92 Å². The molecule has 0 aromatic heterocycles. The molecule has 2 N–H and O–H groups in total. The third-order valence-corrected chi connectivity index (χ3v) is 4.60.